The number of amides is 1. The Bertz CT molecular complexity index is 874. The third kappa shape index (κ3) is 5.46. The molecule has 0 radical (unpaired) electrons. The van der Waals surface area contributed by atoms with E-state index < -0.39 is 23.3 Å². The summed E-state index contributed by atoms with van der Waals surface area (Å²) in [6.45, 7) is 2.99. The van der Waals surface area contributed by atoms with Gasteiger partial charge in [0.1, 0.15) is 0 Å². The van der Waals surface area contributed by atoms with E-state index in [1.165, 1.54) is 36.4 Å². The Morgan fingerprint density at radius 2 is 1.74 bits per heavy atom. The average Bonchev–Trinajstić information content (AvgIpc) is 2.66. The molecule has 8 nitrogen and oxygen atoms in total. The smallest absolute Gasteiger partial charge is 0.338 e. The molecule has 140 valence electrons. The number of Topliss-reactive ketones (excluding diaryl/α,β-unsaturated/α-hetero) is 1. The number of non-ortho nitro benzene ring substituents is 1. The molecule has 27 heavy (non-hydrogen) atoms. The van der Waals surface area contributed by atoms with Gasteiger partial charge in [-0.2, -0.15) is 0 Å². The molecule has 2 aromatic carbocycles. The van der Waals surface area contributed by atoms with Crippen LogP contribution >= 0.6 is 0 Å². The minimum atomic E-state index is -0.717. The SMILES string of the molecule is CC(C)C(=O)Nc1cccc(C(=O)OCC(=O)c2ccc([N+](=O)[O-])cc2)c1. The number of hydrogen-bond donors (Lipinski definition) is 1. The molecule has 0 heterocycles. The normalized spacial score (nSPS) is 10.3. The Balaban J connectivity index is 1.97. The van der Waals surface area contributed by atoms with Crippen LogP contribution in [0.3, 0.4) is 0 Å². The molecule has 2 aromatic rings. The van der Waals surface area contributed by atoms with Crippen molar-refractivity contribution in [1.29, 1.82) is 0 Å². The van der Waals surface area contributed by atoms with Gasteiger partial charge in [-0.15, -0.1) is 0 Å². The van der Waals surface area contributed by atoms with Gasteiger partial charge in [0.15, 0.2) is 12.4 Å². The van der Waals surface area contributed by atoms with E-state index in [1.807, 2.05) is 0 Å². The van der Waals surface area contributed by atoms with E-state index in [9.17, 15) is 24.5 Å². The molecule has 0 aliphatic heterocycles. The quantitative estimate of drug-likeness (QED) is 0.346. The van der Waals surface area contributed by atoms with Crippen molar-refractivity contribution in [3.8, 4) is 0 Å². The van der Waals surface area contributed by atoms with Crippen LogP contribution in [0.25, 0.3) is 0 Å². The van der Waals surface area contributed by atoms with Crippen LogP contribution in [0, 0.1) is 16.0 Å². The first-order valence-corrected chi connectivity index (χ1v) is 8.13. The molecule has 0 fully saturated rings. The molecule has 0 atom stereocenters. The van der Waals surface area contributed by atoms with Gasteiger partial charge in [0.2, 0.25) is 5.91 Å². The van der Waals surface area contributed by atoms with Gasteiger partial charge >= 0.3 is 5.97 Å². The number of ether oxygens (including phenoxy) is 1. The molecule has 1 amide bonds. The third-order valence-electron chi connectivity index (χ3n) is 3.62. The maximum absolute atomic E-state index is 12.1. The molecule has 2 rings (SSSR count). The third-order valence-corrected chi connectivity index (χ3v) is 3.62. The lowest BCUT2D eigenvalue weighted by molar-refractivity contribution is -0.384. The van der Waals surface area contributed by atoms with E-state index in [0.29, 0.717) is 5.69 Å². The highest BCUT2D eigenvalue weighted by atomic mass is 16.6. The molecule has 1 N–H and O–H groups in total. The summed E-state index contributed by atoms with van der Waals surface area (Å²) in [5.74, 6) is -1.60. The number of nitrogens with zero attached hydrogens (tertiary/aromatic N) is 1. The van der Waals surface area contributed by atoms with E-state index >= 15 is 0 Å². The molecule has 0 bridgehead atoms. The zero-order valence-electron chi connectivity index (χ0n) is 14.8. The van der Waals surface area contributed by atoms with Crippen molar-refractivity contribution < 1.29 is 24.0 Å². The molecule has 0 aliphatic carbocycles. The van der Waals surface area contributed by atoms with Crippen molar-refractivity contribution in [3.63, 3.8) is 0 Å². The first-order valence-electron chi connectivity index (χ1n) is 8.13. The Kier molecular flexibility index (Phi) is 6.37. The second kappa shape index (κ2) is 8.70. The predicted molar refractivity (Wildman–Crippen MR) is 97.6 cm³/mol. The number of nitro benzene ring substituents is 1. The summed E-state index contributed by atoms with van der Waals surface area (Å²) < 4.78 is 4.99. The molecule has 0 saturated heterocycles. The number of nitrogens with one attached hydrogen (secondary N) is 1. The molecular formula is C19H18N2O6. The highest BCUT2D eigenvalue weighted by Crippen LogP contribution is 2.15. The number of nitro groups is 1. The molecular weight excluding hydrogens is 352 g/mol. The van der Waals surface area contributed by atoms with Crippen LogP contribution in [0.15, 0.2) is 48.5 Å². The number of carbonyl (C=O) groups excluding carboxylic acids is 3. The van der Waals surface area contributed by atoms with Crippen molar-refractivity contribution >= 4 is 29.0 Å². The van der Waals surface area contributed by atoms with Gasteiger partial charge in [0.25, 0.3) is 5.69 Å². The molecule has 0 unspecified atom stereocenters. The number of ketones is 1. The Labute approximate surface area is 155 Å². The fraction of sp³-hybridized carbons (Fsp3) is 0.211. The lowest BCUT2D eigenvalue weighted by atomic mass is 10.1. The van der Waals surface area contributed by atoms with Crippen molar-refractivity contribution in [2.24, 2.45) is 5.92 Å². The largest absolute Gasteiger partial charge is 0.454 e. The van der Waals surface area contributed by atoms with Gasteiger partial charge in [-0.05, 0) is 30.3 Å². The minimum Gasteiger partial charge on any atom is -0.454 e. The van der Waals surface area contributed by atoms with Gasteiger partial charge in [0.05, 0.1) is 10.5 Å². The second-order valence-electron chi connectivity index (χ2n) is 6.03. The lowest BCUT2D eigenvalue weighted by Crippen LogP contribution is -2.18. The maximum atomic E-state index is 12.1. The molecule has 0 saturated carbocycles. The van der Waals surface area contributed by atoms with Crippen LogP contribution in [0.4, 0.5) is 11.4 Å². The van der Waals surface area contributed by atoms with E-state index in [-0.39, 0.29) is 28.6 Å². The van der Waals surface area contributed by atoms with Crippen LogP contribution < -0.4 is 5.32 Å². The van der Waals surface area contributed by atoms with Crippen LogP contribution in [-0.4, -0.2) is 29.2 Å². The fourth-order valence-electron chi connectivity index (χ4n) is 2.08. The maximum Gasteiger partial charge on any atom is 0.338 e. The van der Waals surface area contributed by atoms with Crippen LogP contribution in [0.5, 0.6) is 0 Å². The summed E-state index contributed by atoms with van der Waals surface area (Å²) in [5.41, 5.74) is 0.702. The summed E-state index contributed by atoms with van der Waals surface area (Å²) in [7, 11) is 0. The number of carbonyl (C=O) groups is 3. The molecule has 0 spiro atoms. The van der Waals surface area contributed by atoms with Gasteiger partial charge in [-0.25, -0.2) is 4.79 Å². The highest BCUT2D eigenvalue weighted by Gasteiger charge is 2.14. The van der Waals surface area contributed by atoms with Gasteiger partial charge in [-0.1, -0.05) is 19.9 Å². The standard InChI is InChI=1S/C19H18N2O6/c1-12(2)18(23)20-15-5-3-4-14(10-15)19(24)27-11-17(22)13-6-8-16(9-7-13)21(25)26/h3-10,12H,11H2,1-2H3,(H,20,23). The van der Waals surface area contributed by atoms with Crippen molar-refractivity contribution in [3.05, 3.63) is 69.8 Å². The first-order chi connectivity index (χ1) is 12.8. The summed E-state index contributed by atoms with van der Waals surface area (Å²) in [6, 6.07) is 11.2. The Morgan fingerprint density at radius 3 is 2.33 bits per heavy atom. The van der Waals surface area contributed by atoms with Crippen LogP contribution in [0.2, 0.25) is 0 Å². The lowest BCUT2D eigenvalue weighted by Gasteiger charge is -2.09. The summed E-state index contributed by atoms with van der Waals surface area (Å²) in [6.07, 6.45) is 0. The predicted octanol–water partition coefficient (Wildman–Crippen LogP) is 3.23. The van der Waals surface area contributed by atoms with E-state index in [1.54, 1.807) is 26.0 Å². The van der Waals surface area contributed by atoms with Gasteiger partial charge < -0.3 is 10.1 Å². The minimum absolute atomic E-state index is 0.135. The van der Waals surface area contributed by atoms with E-state index in [0.717, 1.165) is 0 Å². The summed E-state index contributed by atoms with van der Waals surface area (Å²) in [4.78, 5) is 45.9. The van der Waals surface area contributed by atoms with Crippen LogP contribution in [-0.2, 0) is 9.53 Å². The van der Waals surface area contributed by atoms with E-state index in [4.69, 9.17) is 4.74 Å². The molecule has 8 heteroatoms. The summed E-state index contributed by atoms with van der Waals surface area (Å²) >= 11 is 0. The Hall–Kier alpha value is -3.55. The Morgan fingerprint density at radius 1 is 1.07 bits per heavy atom. The number of benzene rings is 2. The number of esters is 1. The highest BCUT2D eigenvalue weighted by molar-refractivity contribution is 6.00. The molecule has 0 aromatic heterocycles. The van der Waals surface area contributed by atoms with Crippen molar-refractivity contribution in [1.82, 2.24) is 0 Å². The van der Waals surface area contributed by atoms with E-state index in [2.05, 4.69) is 5.32 Å². The zero-order valence-corrected chi connectivity index (χ0v) is 14.8. The van der Waals surface area contributed by atoms with Crippen molar-refractivity contribution in [2.75, 3.05) is 11.9 Å². The average molecular weight is 370 g/mol. The molecule has 0 aliphatic rings. The first kappa shape index (κ1) is 19.8. The summed E-state index contributed by atoms with van der Waals surface area (Å²) in [5, 5.41) is 13.3. The van der Waals surface area contributed by atoms with Crippen LogP contribution in [0.1, 0.15) is 34.6 Å². The fourth-order valence-corrected chi connectivity index (χ4v) is 2.08. The van der Waals surface area contributed by atoms with Crippen molar-refractivity contribution in [2.45, 2.75) is 13.8 Å². The number of rotatable bonds is 7. The van der Waals surface area contributed by atoms with Gasteiger partial charge in [0, 0.05) is 29.3 Å². The van der Waals surface area contributed by atoms with Gasteiger partial charge in [-0.3, -0.25) is 19.7 Å². The zero-order chi connectivity index (χ0) is 20.0. The number of anilines is 1. The monoisotopic (exact) mass is 370 g/mol. The second-order valence-corrected chi connectivity index (χ2v) is 6.03. The topological polar surface area (TPSA) is 116 Å². The number of hydrogen-bond acceptors (Lipinski definition) is 6.